The lowest BCUT2D eigenvalue weighted by atomic mass is 10.1. The molecule has 0 aliphatic heterocycles. The zero-order chi connectivity index (χ0) is 11.4. The van der Waals surface area contributed by atoms with Gasteiger partial charge in [-0.05, 0) is 18.8 Å². The average molecular weight is 198 g/mol. The van der Waals surface area contributed by atoms with Gasteiger partial charge in [-0.1, -0.05) is 34.6 Å². The van der Waals surface area contributed by atoms with Crippen LogP contribution in [0.3, 0.4) is 0 Å². The van der Waals surface area contributed by atoms with E-state index in [-0.39, 0.29) is 0 Å². The number of hydrogen-bond donors (Lipinski definition) is 1. The third-order valence-corrected chi connectivity index (χ3v) is 1.51. The van der Waals surface area contributed by atoms with Crippen LogP contribution in [0.25, 0.3) is 0 Å². The molecule has 0 atom stereocenters. The zero-order valence-electron chi connectivity index (χ0n) is 10.4. The van der Waals surface area contributed by atoms with Gasteiger partial charge in [0.15, 0.2) is 0 Å². The highest BCUT2D eigenvalue weighted by molar-refractivity contribution is 4.99. The third-order valence-electron chi connectivity index (χ3n) is 1.51. The van der Waals surface area contributed by atoms with Crippen molar-refractivity contribution >= 4 is 0 Å². The number of hydrogen-bond acceptors (Lipinski definition) is 1. The topological polar surface area (TPSA) is 20.2 Å². The first-order valence-corrected chi connectivity index (χ1v) is 5.63. The Morgan fingerprint density at radius 1 is 1.14 bits per heavy atom. The number of aliphatic hydroxyl groups excluding tert-OH is 1. The van der Waals surface area contributed by atoms with E-state index in [2.05, 4.69) is 46.5 Å². The standard InChI is InChI=1S/C7H12.C6H14O/c1-4-5-6-7(2)3;1-6(2)4-3-5-7/h7H,4H2,1-3H3;6-7H,3-5H2,1-2H3. The Labute approximate surface area is 89.9 Å². The summed E-state index contributed by atoms with van der Waals surface area (Å²) >= 11 is 0. The average Bonchev–Trinajstić information content (AvgIpc) is 2.12. The van der Waals surface area contributed by atoms with Crippen molar-refractivity contribution in [3.8, 4) is 11.8 Å². The lowest BCUT2D eigenvalue weighted by molar-refractivity contribution is 0.276. The molecule has 0 saturated heterocycles. The maximum Gasteiger partial charge on any atom is 0.0431 e. The van der Waals surface area contributed by atoms with E-state index in [4.69, 9.17) is 5.11 Å². The summed E-state index contributed by atoms with van der Waals surface area (Å²) in [4.78, 5) is 0. The maximum atomic E-state index is 8.32. The van der Waals surface area contributed by atoms with Crippen molar-refractivity contribution in [1.29, 1.82) is 0 Å². The second-order valence-electron chi connectivity index (χ2n) is 4.09. The summed E-state index contributed by atoms with van der Waals surface area (Å²) in [5.41, 5.74) is 0. The molecule has 1 heteroatoms. The molecule has 0 saturated carbocycles. The Bertz CT molecular complexity index is 148. The molecule has 0 aliphatic carbocycles. The van der Waals surface area contributed by atoms with Crippen LogP contribution in [0.15, 0.2) is 0 Å². The molecule has 0 fully saturated rings. The van der Waals surface area contributed by atoms with Gasteiger partial charge in [-0.15, -0.1) is 11.8 Å². The second kappa shape index (κ2) is 12.5. The van der Waals surface area contributed by atoms with E-state index in [1.165, 1.54) is 0 Å². The van der Waals surface area contributed by atoms with Crippen molar-refractivity contribution in [3.05, 3.63) is 0 Å². The molecule has 0 aromatic carbocycles. The second-order valence-corrected chi connectivity index (χ2v) is 4.09. The highest BCUT2D eigenvalue weighted by atomic mass is 16.2. The monoisotopic (exact) mass is 198 g/mol. The Hall–Kier alpha value is -0.480. The lowest BCUT2D eigenvalue weighted by Crippen LogP contribution is -1.89. The van der Waals surface area contributed by atoms with Gasteiger partial charge in [0.25, 0.3) is 0 Å². The third kappa shape index (κ3) is 22.5. The highest BCUT2D eigenvalue weighted by Crippen LogP contribution is 2.00. The normalized spacial score (nSPS) is 9.14. The van der Waals surface area contributed by atoms with Gasteiger partial charge in [0.1, 0.15) is 0 Å². The Balaban J connectivity index is 0. The molecule has 1 N–H and O–H groups in total. The Morgan fingerprint density at radius 3 is 1.86 bits per heavy atom. The van der Waals surface area contributed by atoms with E-state index >= 15 is 0 Å². The molecule has 0 aromatic heterocycles. The molecule has 0 aliphatic rings. The molecule has 0 rings (SSSR count). The minimum Gasteiger partial charge on any atom is -0.396 e. The van der Waals surface area contributed by atoms with Gasteiger partial charge >= 0.3 is 0 Å². The van der Waals surface area contributed by atoms with E-state index in [0.717, 1.165) is 25.2 Å². The molecule has 0 spiro atoms. The zero-order valence-corrected chi connectivity index (χ0v) is 10.4. The fraction of sp³-hybridized carbons (Fsp3) is 0.846. The van der Waals surface area contributed by atoms with E-state index < -0.39 is 0 Å². The first-order valence-electron chi connectivity index (χ1n) is 5.63. The van der Waals surface area contributed by atoms with Crippen LogP contribution in [0, 0.1) is 23.7 Å². The van der Waals surface area contributed by atoms with Crippen molar-refractivity contribution in [2.45, 2.75) is 53.9 Å². The van der Waals surface area contributed by atoms with E-state index in [1.54, 1.807) is 0 Å². The van der Waals surface area contributed by atoms with E-state index in [0.29, 0.717) is 12.5 Å². The molecular weight excluding hydrogens is 172 g/mol. The van der Waals surface area contributed by atoms with Gasteiger partial charge in [-0.3, -0.25) is 0 Å². The number of aliphatic hydroxyl groups is 1. The van der Waals surface area contributed by atoms with E-state index in [9.17, 15) is 0 Å². The Kier molecular flexibility index (Phi) is 14.3. The minimum atomic E-state index is 0.345. The molecular formula is C13H26O. The molecule has 0 heterocycles. The van der Waals surface area contributed by atoms with Gasteiger partial charge in [0.05, 0.1) is 0 Å². The van der Waals surface area contributed by atoms with Gasteiger partial charge in [-0.25, -0.2) is 0 Å². The molecule has 0 aromatic rings. The van der Waals surface area contributed by atoms with Crippen LogP contribution < -0.4 is 0 Å². The van der Waals surface area contributed by atoms with Crippen molar-refractivity contribution in [1.82, 2.24) is 0 Å². The number of rotatable bonds is 3. The maximum absolute atomic E-state index is 8.32. The van der Waals surface area contributed by atoms with Crippen molar-refractivity contribution in [3.63, 3.8) is 0 Å². The van der Waals surface area contributed by atoms with Gasteiger partial charge in [0.2, 0.25) is 0 Å². The van der Waals surface area contributed by atoms with Crippen LogP contribution in [0.2, 0.25) is 0 Å². The van der Waals surface area contributed by atoms with Crippen LogP contribution in [0.5, 0.6) is 0 Å². The van der Waals surface area contributed by atoms with Crippen molar-refractivity contribution < 1.29 is 5.11 Å². The summed E-state index contributed by atoms with van der Waals surface area (Å²) in [6, 6.07) is 0. The summed E-state index contributed by atoms with van der Waals surface area (Å²) in [5.74, 6) is 7.33. The molecule has 0 radical (unpaired) electrons. The van der Waals surface area contributed by atoms with Crippen LogP contribution >= 0.6 is 0 Å². The summed E-state index contributed by atoms with van der Waals surface area (Å²) in [6.45, 7) is 10.9. The fourth-order valence-corrected chi connectivity index (χ4v) is 0.806. The van der Waals surface area contributed by atoms with Crippen LogP contribution in [-0.4, -0.2) is 11.7 Å². The largest absolute Gasteiger partial charge is 0.396 e. The van der Waals surface area contributed by atoms with Gasteiger partial charge in [0, 0.05) is 18.9 Å². The molecule has 14 heavy (non-hydrogen) atoms. The molecule has 0 amide bonds. The summed E-state index contributed by atoms with van der Waals surface area (Å²) in [5, 5.41) is 8.32. The summed E-state index contributed by atoms with van der Waals surface area (Å²) in [6.07, 6.45) is 3.09. The molecule has 0 unspecified atom stereocenters. The first-order chi connectivity index (χ1) is 6.54. The van der Waals surface area contributed by atoms with Crippen LogP contribution in [-0.2, 0) is 0 Å². The van der Waals surface area contributed by atoms with Gasteiger partial charge < -0.3 is 5.11 Å². The summed E-state index contributed by atoms with van der Waals surface area (Å²) in [7, 11) is 0. The highest BCUT2D eigenvalue weighted by Gasteiger charge is 1.89. The molecule has 1 nitrogen and oxygen atoms in total. The molecule has 0 bridgehead atoms. The van der Waals surface area contributed by atoms with Crippen molar-refractivity contribution in [2.24, 2.45) is 11.8 Å². The Morgan fingerprint density at radius 2 is 1.71 bits per heavy atom. The molecule has 84 valence electrons. The predicted octanol–water partition coefficient (Wildman–Crippen LogP) is 3.47. The summed E-state index contributed by atoms with van der Waals surface area (Å²) < 4.78 is 0. The quantitative estimate of drug-likeness (QED) is 0.688. The van der Waals surface area contributed by atoms with Crippen molar-refractivity contribution in [2.75, 3.05) is 6.61 Å². The van der Waals surface area contributed by atoms with Crippen LogP contribution in [0.4, 0.5) is 0 Å². The fourth-order valence-electron chi connectivity index (χ4n) is 0.806. The van der Waals surface area contributed by atoms with Gasteiger partial charge in [-0.2, -0.15) is 0 Å². The minimum absolute atomic E-state index is 0.345. The van der Waals surface area contributed by atoms with E-state index in [1.807, 2.05) is 0 Å². The predicted molar refractivity (Wildman–Crippen MR) is 64.1 cm³/mol. The van der Waals surface area contributed by atoms with Crippen LogP contribution in [0.1, 0.15) is 53.9 Å². The lowest BCUT2D eigenvalue weighted by Gasteiger charge is -1.98. The smallest absolute Gasteiger partial charge is 0.0431 e. The SMILES string of the molecule is CC(C)CCCO.CCC#CC(C)C. The first kappa shape index (κ1) is 16.0.